The fraction of sp³-hybridized carbons (Fsp3) is 0.353. The number of allylic oxidation sites excluding steroid dienone is 1. The molecule has 132 valence electrons. The number of ether oxygens (including phenoxy) is 3. The molecule has 0 aliphatic carbocycles. The number of methoxy groups -OCH3 is 1. The van der Waals surface area contributed by atoms with Gasteiger partial charge in [-0.05, 0) is 36.8 Å². The molecule has 1 N–H and O–H groups in total. The molecule has 7 nitrogen and oxygen atoms in total. The lowest BCUT2D eigenvalue weighted by Gasteiger charge is -2.38. The van der Waals surface area contributed by atoms with Crippen LogP contribution in [-0.2, 0) is 14.3 Å². The number of carbonyl (C=O) groups is 2. The number of carbonyl (C=O) groups excluding carboxylic acids is 2. The summed E-state index contributed by atoms with van der Waals surface area (Å²) in [6.07, 6.45) is 0.246. The summed E-state index contributed by atoms with van der Waals surface area (Å²) in [5, 5.41) is 3.17. The van der Waals surface area contributed by atoms with Crippen molar-refractivity contribution in [1.82, 2.24) is 10.2 Å². The lowest BCUT2D eigenvalue weighted by atomic mass is 9.93. The number of benzene rings is 1. The van der Waals surface area contributed by atoms with Gasteiger partial charge in [0.2, 0.25) is 12.7 Å². The van der Waals surface area contributed by atoms with Crippen LogP contribution in [0.1, 0.15) is 31.9 Å². The number of nitrogens with one attached hydrogen (secondary N) is 1. The van der Waals surface area contributed by atoms with E-state index < -0.39 is 12.0 Å². The average Bonchev–Trinajstić information content (AvgIpc) is 3.07. The third-order valence-corrected chi connectivity index (χ3v) is 4.44. The molecule has 2 aliphatic heterocycles. The van der Waals surface area contributed by atoms with Crippen molar-refractivity contribution in [2.45, 2.75) is 26.3 Å². The molecule has 0 aromatic heterocycles. The molecule has 1 unspecified atom stereocenters. The summed E-state index contributed by atoms with van der Waals surface area (Å²) in [5.41, 5.74) is 1.58. The fourth-order valence-electron chi connectivity index (χ4n) is 2.94. The van der Waals surface area contributed by atoms with Gasteiger partial charge in [-0.15, -0.1) is 0 Å². The number of thiocarbonyl (C=S) groups is 1. The predicted molar refractivity (Wildman–Crippen MR) is 92.9 cm³/mol. The van der Waals surface area contributed by atoms with Crippen LogP contribution < -0.4 is 14.8 Å². The third-order valence-electron chi connectivity index (χ3n) is 4.14. The molecule has 1 amide bonds. The van der Waals surface area contributed by atoms with E-state index in [1.165, 1.54) is 12.0 Å². The Morgan fingerprint density at radius 3 is 2.76 bits per heavy atom. The second-order valence-corrected chi connectivity index (χ2v) is 5.98. The van der Waals surface area contributed by atoms with Crippen molar-refractivity contribution in [1.29, 1.82) is 0 Å². The Kier molecular flexibility index (Phi) is 4.63. The normalized spacial score (nSPS) is 18.9. The predicted octanol–water partition coefficient (Wildman–Crippen LogP) is 2.03. The Morgan fingerprint density at radius 1 is 1.36 bits per heavy atom. The number of nitrogens with zero attached hydrogens (tertiary/aromatic N) is 1. The Balaban J connectivity index is 2.16. The van der Waals surface area contributed by atoms with E-state index >= 15 is 0 Å². The molecule has 8 heteroatoms. The zero-order valence-electron chi connectivity index (χ0n) is 14.1. The zero-order chi connectivity index (χ0) is 18.1. The van der Waals surface area contributed by atoms with Crippen LogP contribution in [-0.4, -0.2) is 35.8 Å². The number of esters is 1. The van der Waals surface area contributed by atoms with Crippen molar-refractivity contribution >= 4 is 29.2 Å². The average molecular weight is 362 g/mol. The molecule has 0 bridgehead atoms. The molecule has 2 aliphatic rings. The Labute approximate surface area is 150 Å². The highest BCUT2D eigenvalue weighted by Crippen LogP contribution is 2.40. The van der Waals surface area contributed by atoms with Gasteiger partial charge >= 0.3 is 5.97 Å². The molecule has 1 atom stereocenters. The number of hydrogen-bond acceptors (Lipinski definition) is 6. The van der Waals surface area contributed by atoms with E-state index in [0.717, 1.165) is 0 Å². The molecular formula is C17H18N2O5S. The molecular weight excluding hydrogens is 344 g/mol. The van der Waals surface area contributed by atoms with Gasteiger partial charge in [-0.25, -0.2) is 4.79 Å². The molecule has 0 fully saturated rings. The summed E-state index contributed by atoms with van der Waals surface area (Å²) in [5.74, 6) is 0.458. The maximum atomic E-state index is 12.5. The Bertz CT molecular complexity index is 789. The largest absolute Gasteiger partial charge is 0.466 e. The van der Waals surface area contributed by atoms with E-state index in [-0.39, 0.29) is 24.2 Å². The molecule has 25 heavy (non-hydrogen) atoms. The molecule has 1 aromatic rings. The molecule has 0 spiro atoms. The quantitative estimate of drug-likeness (QED) is 0.651. The van der Waals surface area contributed by atoms with Crippen LogP contribution in [0.15, 0.2) is 29.5 Å². The Hall–Kier alpha value is -2.61. The van der Waals surface area contributed by atoms with Gasteiger partial charge in [0.1, 0.15) is 0 Å². The second kappa shape index (κ2) is 6.72. The van der Waals surface area contributed by atoms with Crippen LogP contribution in [0.25, 0.3) is 0 Å². The van der Waals surface area contributed by atoms with Gasteiger partial charge in [0.25, 0.3) is 0 Å². The highest BCUT2D eigenvalue weighted by molar-refractivity contribution is 7.80. The molecule has 3 rings (SSSR count). The minimum Gasteiger partial charge on any atom is -0.466 e. The first-order valence-corrected chi connectivity index (χ1v) is 8.20. The monoisotopic (exact) mass is 362 g/mol. The van der Waals surface area contributed by atoms with Crippen molar-refractivity contribution in [2.75, 3.05) is 13.9 Å². The minimum atomic E-state index is -0.692. The van der Waals surface area contributed by atoms with E-state index in [1.807, 2.05) is 0 Å². The van der Waals surface area contributed by atoms with Gasteiger partial charge in [-0.1, -0.05) is 13.0 Å². The van der Waals surface area contributed by atoms with E-state index in [4.69, 9.17) is 26.4 Å². The van der Waals surface area contributed by atoms with Crippen LogP contribution in [0.2, 0.25) is 0 Å². The summed E-state index contributed by atoms with van der Waals surface area (Å²) in [4.78, 5) is 26.3. The lowest BCUT2D eigenvalue weighted by molar-refractivity contribution is -0.137. The first-order valence-electron chi connectivity index (χ1n) is 7.79. The number of hydrogen-bond donors (Lipinski definition) is 1. The molecule has 0 radical (unpaired) electrons. The number of rotatable bonds is 3. The van der Waals surface area contributed by atoms with Gasteiger partial charge in [0.15, 0.2) is 16.6 Å². The molecule has 1 aromatic carbocycles. The first kappa shape index (κ1) is 17.2. The van der Waals surface area contributed by atoms with Crippen LogP contribution in [0, 0.1) is 0 Å². The van der Waals surface area contributed by atoms with E-state index in [9.17, 15) is 9.59 Å². The minimum absolute atomic E-state index is 0.139. The van der Waals surface area contributed by atoms with Crippen LogP contribution in [0.4, 0.5) is 0 Å². The van der Waals surface area contributed by atoms with Crippen molar-refractivity contribution < 1.29 is 23.8 Å². The maximum absolute atomic E-state index is 12.5. The van der Waals surface area contributed by atoms with Crippen LogP contribution >= 0.6 is 12.2 Å². The number of fused-ring (bicyclic) bond motifs is 1. The van der Waals surface area contributed by atoms with Gasteiger partial charge in [-0.2, -0.15) is 0 Å². The SMILES string of the molecule is CCC(=O)N1C(=S)NC(C)=C(C(=O)OC)C1c1ccc2c(c1)OCO2. The van der Waals surface area contributed by atoms with Crippen molar-refractivity contribution in [3.8, 4) is 11.5 Å². The molecule has 0 saturated heterocycles. The van der Waals surface area contributed by atoms with Crippen LogP contribution in [0.5, 0.6) is 11.5 Å². The van der Waals surface area contributed by atoms with E-state index in [0.29, 0.717) is 28.3 Å². The third kappa shape index (κ3) is 2.93. The first-order chi connectivity index (χ1) is 12.0. The van der Waals surface area contributed by atoms with Gasteiger partial charge in [-0.3, -0.25) is 9.69 Å². The fourth-order valence-corrected chi connectivity index (χ4v) is 3.30. The van der Waals surface area contributed by atoms with E-state index in [1.54, 1.807) is 32.0 Å². The van der Waals surface area contributed by atoms with Gasteiger partial charge in [0.05, 0.1) is 18.7 Å². The topological polar surface area (TPSA) is 77.1 Å². The van der Waals surface area contributed by atoms with Crippen molar-refractivity contribution in [2.24, 2.45) is 0 Å². The highest BCUT2D eigenvalue weighted by Gasteiger charge is 2.39. The summed E-state index contributed by atoms with van der Waals surface area (Å²) >= 11 is 5.35. The van der Waals surface area contributed by atoms with Crippen molar-refractivity contribution in [3.05, 3.63) is 35.0 Å². The van der Waals surface area contributed by atoms with Crippen molar-refractivity contribution in [3.63, 3.8) is 0 Å². The number of amides is 1. The molecule has 2 heterocycles. The highest BCUT2D eigenvalue weighted by atomic mass is 32.1. The molecule has 0 saturated carbocycles. The summed E-state index contributed by atoms with van der Waals surface area (Å²) in [7, 11) is 1.30. The lowest BCUT2D eigenvalue weighted by Crippen LogP contribution is -2.50. The summed E-state index contributed by atoms with van der Waals surface area (Å²) in [6.45, 7) is 3.61. The van der Waals surface area contributed by atoms with Crippen LogP contribution in [0.3, 0.4) is 0 Å². The smallest absolute Gasteiger partial charge is 0.337 e. The summed E-state index contributed by atoms with van der Waals surface area (Å²) < 4.78 is 15.7. The maximum Gasteiger partial charge on any atom is 0.337 e. The second-order valence-electron chi connectivity index (χ2n) is 5.59. The zero-order valence-corrected chi connectivity index (χ0v) is 14.9. The Morgan fingerprint density at radius 2 is 2.08 bits per heavy atom. The van der Waals surface area contributed by atoms with E-state index in [2.05, 4.69) is 5.32 Å². The summed E-state index contributed by atoms with van der Waals surface area (Å²) in [6, 6.07) is 4.61. The van der Waals surface area contributed by atoms with Gasteiger partial charge in [0, 0.05) is 12.1 Å². The standard InChI is InChI=1S/C17H18N2O5S/c1-4-13(20)19-15(10-5-6-11-12(7-10)24-8-23-11)14(16(21)22-3)9(2)18-17(19)25/h5-7,15H,4,8H2,1-3H3,(H,18,25). The van der Waals surface area contributed by atoms with Gasteiger partial charge < -0.3 is 19.5 Å².